The van der Waals surface area contributed by atoms with E-state index < -0.39 is 11.9 Å². The van der Waals surface area contributed by atoms with Crippen LogP contribution in [0.1, 0.15) is 25.7 Å². The summed E-state index contributed by atoms with van der Waals surface area (Å²) in [6, 6.07) is 0. The summed E-state index contributed by atoms with van der Waals surface area (Å²) in [4.78, 5) is 42.8. The molecule has 0 heterocycles. The third kappa shape index (κ3) is 15.0. The van der Waals surface area contributed by atoms with Crippen LogP contribution < -0.4 is 10.6 Å². The minimum absolute atomic E-state index is 0.245. The van der Waals surface area contributed by atoms with Gasteiger partial charge in [0, 0.05) is 13.1 Å². The second-order valence-electron chi connectivity index (χ2n) is 4.21. The van der Waals surface area contributed by atoms with E-state index in [2.05, 4.69) is 10.6 Å². The SMILES string of the molecule is O=C(O)CSC(=O)NCCCCCCNC(=O)SCC(=O)O. The average Bonchev–Trinajstić information content (AvgIpc) is 2.45. The molecule has 0 bridgehead atoms. The molecule has 2 amide bonds. The molecular formula is C12H20N2O6S2. The molecule has 10 heteroatoms. The third-order valence-electron chi connectivity index (χ3n) is 2.30. The zero-order valence-electron chi connectivity index (χ0n) is 12.0. The highest BCUT2D eigenvalue weighted by Crippen LogP contribution is 2.03. The molecule has 0 aliphatic heterocycles. The molecule has 0 aromatic rings. The van der Waals surface area contributed by atoms with Crippen molar-refractivity contribution >= 4 is 45.9 Å². The van der Waals surface area contributed by atoms with E-state index in [0.717, 1.165) is 49.2 Å². The van der Waals surface area contributed by atoms with E-state index in [1.807, 2.05) is 0 Å². The molecule has 0 aliphatic carbocycles. The van der Waals surface area contributed by atoms with Gasteiger partial charge in [-0.25, -0.2) is 0 Å². The van der Waals surface area contributed by atoms with Gasteiger partial charge in [0.2, 0.25) is 0 Å². The first-order valence-electron chi connectivity index (χ1n) is 6.66. The van der Waals surface area contributed by atoms with Gasteiger partial charge in [0.15, 0.2) is 0 Å². The highest BCUT2D eigenvalue weighted by molar-refractivity contribution is 8.14. The lowest BCUT2D eigenvalue weighted by molar-refractivity contribution is -0.134. The molecule has 0 radical (unpaired) electrons. The van der Waals surface area contributed by atoms with Gasteiger partial charge < -0.3 is 20.8 Å². The van der Waals surface area contributed by atoms with Crippen LogP contribution in [0.5, 0.6) is 0 Å². The number of amides is 2. The van der Waals surface area contributed by atoms with Crippen LogP contribution in [0.3, 0.4) is 0 Å². The molecule has 0 unspecified atom stereocenters. The van der Waals surface area contributed by atoms with Gasteiger partial charge in [0.25, 0.3) is 10.5 Å². The maximum Gasteiger partial charge on any atom is 0.314 e. The summed E-state index contributed by atoms with van der Waals surface area (Å²) in [5.41, 5.74) is 0. The lowest BCUT2D eigenvalue weighted by Crippen LogP contribution is -2.22. The van der Waals surface area contributed by atoms with E-state index in [4.69, 9.17) is 10.2 Å². The third-order valence-corrected chi connectivity index (χ3v) is 3.89. The average molecular weight is 352 g/mol. The molecule has 22 heavy (non-hydrogen) atoms. The Kier molecular flexibility index (Phi) is 12.4. The molecule has 0 saturated heterocycles. The van der Waals surface area contributed by atoms with E-state index in [9.17, 15) is 19.2 Å². The molecule has 0 aromatic heterocycles. The topological polar surface area (TPSA) is 133 Å². The lowest BCUT2D eigenvalue weighted by Gasteiger charge is -2.05. The predicted molar refractivity (Wildman–Crippen MR) is 85.5 cm³/mol. The maximum atomic E-state index is 11.2. The summed E-state index contributed by atoms with van der Waals surface area (Å²) < 4.78 is 0. The van der Waals surface area contributed by atoms with Crippen LogP contribution in [0.15, 0.2) is 0 Å². The molecule has 0 atom stereocenters. The first kappa shape index (κ1) is 20.6. The largest absolute Gasteiger partial charge is 0.481 e. The quantitative estimate of drug-likeness (QED) is 0.412. The summed E-state index contributed by atoms with van der Waals surface area (Å²) in [5, 5.41) is 21.3. The van der Waals surface area contributed by atoms with Gasteiger partial charge in [-0.2, -0.15) is 0 Å². The van der Waals surface area contributed by atoms with E-state index in [1.165, 1.54) is 0 Å². The Bertz CT molecular complexity index is 356. The van der Waals surface area contributed by atoms with Gasteiger partial charge in [0.1, 0.15) is 11.5 Å². The number of hydrogen-bond acceptors (Lipinski definition) is 6. The van der Waals surface area contributed by atoms with Crippen molar-refractivity contribution in [3.05, 3.63) is 0 Å². The number of carbonyl (C=O) groups is 4. The second-order valence-corrected chi connectivity index (χ2v) is 6.10. The first-order chi connectivity index (χ1) is 10.4. The van der Waals surface area contributed by atoms with E-state index in [0.29, 0.717) is 13.1 Å². The predicted octanol–water partition coefficient (Wildman–Crippen LogP) is 1.60. The lowest BCUT2D eigenvalue weighted by atomic mass is 10.2. The molecule has 0 spiro atoms. The van der Waals surface area contributed by atoms with Crippen molar-refractivity contribution in [2.75, 3.05) is 24.6 Å². The Labute approximate surface area is 136 Å². The fraction of sp³-hybridized carbons (Fsp3) is 0.667. The van der Waals surface area contributed by atoms with E-state index in [-0.39, 0.29) is 22.0 Å². The Hall–Kier alpha value is -1.42. The van der Waals surface area contributed by atoms with Gasteiger partial charge in [-0.3, -0.25) is 19.2 Å². The number of carboxylic acid groups (broad SMARTS) is 2. The summed E-state index contributed by atoms with van der Waals surface area (Å²) >= 11 is 1.45. The molecule has 126 valence electrons. The number of carboxylic acids is 2. The fourth-order valence-electron chi connectivity index (χ4n) is 1.34. The number of rotatable bonds is 11. The Morgan fingerprint density at radius 2 is 1.05 bits per heavy atom. The molecule has 8 nitrogen and oxygen atoms in total. The molecule has 0 rings (SSSR count). The number of nitrogens with one attached hydrogen (secondary N) is 2. The molecule has 0 aliphatic rings. The molecule has 0 saturated carbocycles. The number of thioether (sulfide) groups is 2. The standard InChI is InChI=1S/C12H20N2O6S2/c15-9(16)7-21-11(19)13-5-3-1-2-4-6-14-12(20)22-8-10(17)18/h1-8H2,(H,13,19)(H,14,20)(H,15,16)(H,17,18). The van der Waals surface area contributed by atoms with E-state index >= 15 is 0 Å². The number of hydrogen-bond donors (Lipinski definition) is 4. The smallest absolute Gasteiger partial charge is 0.314 e. The van der Waals surface area contributed by atoms with Crippen LogP contribution in [-0.2, 0) is 9.59 Å². The summed E-state index contributed by atoms with van der Waals surface area (Å²) in [5.74, 6) is -2.54. The van der Waals surface area contributed by atoms with Gasteiger partial charge in [-0.1, -0.05) is 36.4 Å². The van der Waals surface area contributed by atoms with Gasteiger partial charge in [-0.15, -0.1) is 0 Å². The second kappa shape index (κ2) is 13.3. The van der Waals surface area contributed by atoms with Crippen LogP contribution >= 0.6 is 23.5 Å². The van der Waals surface area contributed by atoms with Crippen LogP contribution in [0.25, 0.3) is 0 Å². The summed E-state index contributed by atoms with van der Waals surface area (Å²) in [6.45, 7) is 0.985. The Balaban J connectivity index is 3.33. The Morgan fingerprint density at radius 3 is 1.36 bits per heavy atom. The summed E-state index contributed by atoms with van der Waals surface area (Å²) in [6.07, 6.45) is 3.31. The highest BCUT2D eigenvalue weighted by Gasteiger charge is 2.05. The zero-order chi connectivity index (χ0) is 16.8. The molecule has 0 aromatic carbocycles. The van der Waals surface area contributed by atoms with Gasteiger partial charge in [0.05, 0.1) is 0 Å². The Morgan fingerprint density at radius 1 is 0.682 bits per heavy atom. The maximum absolute atomic E-state index is 11.2. The van der Waals surface area contributed by atoms with Crippen molar-refractivity contribution in [2.24, 2.45) is 0 Å². The molecule has 0 fully saturated rings. The van der Waals surface area contributed by atoms with Crippen molar-refractivity contribution in [1.29, 1.82) is 0 Å². The highest BCUT2D eigenvalue weighted by atomic mass is 32.2. The van der Waals surface area contributed by atoms with Crippen LogP contribution in [0.2, 0.25) is 0 Å². The zero-order valence-corrected chi connectivity index (χ0v) is 13.6. The molecular weight excluding hydrogens is 332 g/mol. The normalized spacial score (nSPS) is 10.0. The van der Waals surface area contributed by atoms with Crippen molar-refractivity contribution in [1.82, 2.24) is 10.6 Å². The summed E-state index contributed by atoms with van der Waals surface area (Å²) in [7, 11) is 0. The fourth-order valence-corrected chi connectivity index (χ4v) is 2.26. The van der Waals surface area contributed by atoms with Crippen LogP contribution in [0.4, 0.5) is 9.59 Å². The minimum Gasteiger partial charge on any atom is -0.481 e. The van der Waals surface area contributed by atoms with E-state index in [1.54, 1.807) is 0 Å². The monoisotopic (exact) mass is 352 g/mol. The number of unbranched alkanes of at least 4 members (excludes halogenated alkanes) is 3. The van der Waals surface area contributed by atoms with Crippen molar-refractivity contribution in [3.8, 4) is 0 Å². The van der Waals surface area contributed by atoms with Crippen molar-refractivity contribution in [2.45, 2.75) is 25.7 Å². The number of carbonyl (C=O) groups excluding carboxylic acids is 2. The van der Waals surface area contributed by atoms with Crippen LogP contribution in [0, 0.1) is 0 Å². The first-order valence-corrected chi connectivity index (χ1v) is 8.63. The number of aliphatic carboxylic acids is 2. The van der Waals surface area contributed by atoms with Crippen molar-refractivity contribution in [3.63, 3.8) is 0 Å². The molecule has 4 N–H and O–H groups in total. The van der Waals surface area contributed by atoms with Gasteiger partial charge >= 0.3 is 11.9 Å². The van der Waals surface area contributed by atoms with Crippen molar-refractivity contribution < 1.29 is 29.4 Å². The minimum atomic E-state index is -1.02. The van der Waals surface area contributed by atoms with Crippen LogP contribution in [-0.4, -0.2) is 57.2 Å². The van der Waals surface area contributed by atoms with Gasteiger partial charge in [-0.05, 0) is 12.8 Å².